The topological polar surface area (TPSA) is 319 Å². The Morgan fingerprint density at radius 1 is 0.913 bits per heavy atom. The Balaban J connectivity index is 0.000000199. The van der Waals surface area contributed by atoms with Gasteiger partial charge in [0.1, 0.15) is 22.4 Å². The molecule has 14 unspecified atom stereocenters. The van der Waals surface area contributed by atoms with Crippen LogP contribution in [0.5, 0.6) is 0 Å². The van der Waals surface area contributed by atoms with Gasteiger partial charge >= 0.3 is 22.5 Å². The van der Waals surface area contributed by atoms with Crippen molar-refractivity contribution < 1.29 is 76.8 Å². The zero-order valence-corrected chi connectivity index (χ0v) is 40.3. The number of rotatable bonds is 5. The molecule has 3 aromatic rings. The number of esters is 1. The SMILES string of the molecule is CC=C(C)C(=O)OC1CCC2(C)C3CCC4C5(O)CC(O)C6(O)C(CN7CC(C)CCC7C6(C)O)C5(O)CC42OC13O.COC(=O)Nc1nc2ccc(C(=O)c3ccccc3)cc2[nH]1.O=S(=O)(O)O. The van der Waals surface area contributed by atoms with E-state index in [0.717, 1.165) is 6.42 Å². The number of imidazole rings is 1. The van der Waals surface area contributed by atoms with Crippen LogP contribution >= 0.6 is 0 Å². The van der Waals surface area contributed by atoms with Gasteiger partial charge in [-0.2, -0.15) is 8.42 Å². The quantitative estimate of drug-likeness (QED) is 0.0759. The summed E-state index contributed by atoms with van der Waals surface area (Å²) in [6.07, 6.45) is 1.68. The number of H-pyrrole nitrogens is 1. The number of hydrogen-bond donors (Lipinski definition) is 10. The summed E-state index contributed by atoms with van der Waals surface area (Å²) in [5.74, 6) is -3.85. The van der Waals surface area contributed by atoms with Crippen LogP contribution in [0.15, 0.2) is 60.2 Å². The first-order chi connectivity index (χ1) is 32.1. The van der Waals surface area contributed by atoms with Crippen LogP contribution in [0.1, 0.15) is 102 Å². The molecule has 10 N–H and O–H groups in total. The number of carbonyl (C=O) groups is 3. The second-order valence-electron chi connectivity index (χ2n) is 20.7. The molecule has 1 aromatic heterocycles. The molecule has 1 amide bonds. The van der Waals surface area contributed by atoms with Crippen molar-refractivity contribution in [2.75, 3.05) is 25.5 Å². The average Bonchev–Trinajstić information content (AvgIpc) is 3.76. The number of anilines is 1. The molecule has 7 aliphatic rings. The average molecular weight is 985 g/mol. The van der Waals surface area contributed by atoms with Crippen molar-refractivity contribution in [1.82, 2.24) is 14.9 Å². The molecule has 3 saturated heterocycles. The van der Waals surface area contributed by atoms with Crippen LogP contribution in [0.3, 0.4) is 0 Å². The number of piperidine rings is 2. The largest absolute Gasteiger partial charge is 0.453 e. The highest BCUT2D eigenvalue weighted by Gasteiger charge is 2.88. The Hall–Kier alpha value is -4.39. The third kappa shape index (κ3) is 7.92. The Labute approximate surface area is 399 Å². The minimum Gasteiger partial charge on any atom is -0.453 e. The normalized spacial score (nSPS) is 40.8. The summed E-state index contributed by atoms with van der Waals surface area (Å²) < 4.78 is 48.7. The number of carbonyl (C=O) groups excluding carboxylic acids is 3. The molecule has 10 rings (SSSR count). The highest BCUT2D eigenvalue weighted by molar-refractivity contribution is 7.79. The van der Waals surface area contributed by atoms with E-state index in [9.17, 15) is 45.0 Å². The van der Waals surface area contributed by atoms with Crippen LogP contribution in [0, 0.1) is 29.1 Å². The molecule has 4 bridgehead atoms. The molecular weight excluding hydrogens is 921 g/mol. The van der Waals surface area contributed by atoms with Gasteiger partial charge in [-0.05, 0) is 83.4 Å². The number of ether oxygens (including phenoxy) is 3. The maximum atomic E-state index is 12.9. The summed E-state index contributed by atoms with van der Waals surface area (Å²) in [6, 6.07) is 13.8. The van der Waals surface area contributed by atoms with Gasteiger partial charge in [0.15, 0.2) is 11.9 Å². The molecule has 14 atom stereocenters. The smallest absolute Gasteiger partial charge is 0.413 e. The first kappa shape index (κ1) is 51.0. The van der Waals surface area contributed by atoms with Crippen molar-refractivity contribution in [1.29, 1.82) is 0 Å². The minimum atomic E-state index is -4.67. The zero-order valence-electron chi connectivity index (χ0n) is 39.5. The molecule has 4 aliphatic carbocycles. The van der Waals surface area contributed by atoms with Crippen LogP contribution in [-0.2, 0) is 29.4 Å². The van der Waals surface area contributed by atoms with E-state index in [4.69, 9.17) is 27.0 Å². The van der Waals surface area contributed by atoms with Gasteiger partial charge in [-0.15, -0.1) is 0 Å². The van der Waals surface area contributed by atoms with Gasteiger partial charge in [0.2, 0.25) is 11.7 Å². The molecule has 4 heterocycles. The van der Waals surface area contributed by atoms with E-state index in [1.54, 1.807) is 57.2 Å². The summed E-state index contributed by atoms with van der Waals surface area (Å²) in [5.41, 5.74) is -6.48. The van der Waals surface area contributed by atoms with E-state index in [0.29, 0.717) is 72.3 Å². The number of ketones is 1. The van der Waals surface area contributed by atoms with Gasteiger partial charge in [0.05, 0.1) is 29.8 Å². The second kappa shape index (κ2) is 17.4. The maximum absolute atomic E-state index is 12.9. The van der Waals surface area contributed by atoms with E-state index in [2.05, 4.69) is 31.8 Å². The highest BCUT2D eigenvalue weighted by atomic mass is 32.3. The van der Waals surface area contributed by atoms with Gasteiger partial charge in [0.25, 0.3) is 0 Å². The molecule has 0 radical (unpaired) electrons. The number of aliphatic hydroxyl groups is 6. The summed E-state index contributed by atoms with van der Waals surface area (Å²) in [4.78, 5) is 45.6. The lowest BCUT2D eigenvalue weighted by molar-refractivity contribution is -0.354. The first-order valence-corrected chi connectivity index (χ1v) is 24.8. The molecule has 2 aromatic carbocycles. The van der Waals surface area contributed by atoms with E-state index >= 15 is 0 Å². The number of aromatic amines is 1. The standard InChI is InChI=1S/C32H49NO9.C16H13N3O3.H2O4S/c1-6-18(3)25(35)41-24-11-12-26(4)19-8-9-20-28(37)13-23(34)31(39)21(29(28,38)16-30(20,26)42-32(19,24)40)15-33-14-17(2)7-10-22(33)27(31,5)36;1-22-16(21)19-15-17-12-8-7-11(9-13(12)18-15)14(20)10-5-3-2-4-6-10;1-5(2,3)4/h6,17,19-24,34,36-40H,7-16H2,1-5H3;2-9H,1H3,(H2,17,18,19,21);(H2,1,2,3,4). The monoisotopic (exact) mass is 984 g/mol. The van der Waals surface area contributed by atoms with Crippen molar-refractivity contribution in [2.45, 2.75) is 138 Å². The number of hydrogen-bond acceptors (Lipinski definition) is 16. The fourth-order valence-corrected chi connectivity index (χ4v) is 13.9. The van der Waals surface area contributed by atoms with Crippen molar-refractivity contribution in [2.24, 2.45) is 29.1 Å². The van der Waals surface area contributed by atoms with E-state index in [1.807, 2.05) is 25.1 Å². The van der Waals surface area contributed by atoms with Crippen LogP contribution in [-0.4, -0.2) is 153 Å². The number of fused-ring (bicyclic) bond motifs is 6. The lowest BCUT2D eigenvalue weighted by atomic mass is 9.49. The zero-order chi connectivity index (χ0) is 50.5. The molecule has 4 saturated carbocycles. The Morgan fingerprint density at radius 2 is 1.58 bits per heavy atom. The summed E-state index contributed by atoms with van der Waals surface area (Å²) in [6.45, 7) is 10.1. The predicted molar refractivity (Wildman–Crippen MR) is 246 cm³/mol. The maximum Gasteiger partial charge on any atom is 0.413 e. The van der Waals surface area contributed by atoms with Crippen LogP contribution in [0.25, 0.3) is 11.0 Å². The number of benzene rings is 2. The fraction of sp³-hybridized carbons (Fsp3) is 0.625. The lowest BCUT2D eigenvalue weighted by Gasteiger charge is -2.68. The molecule has 69 heavy (non-hydrogen) atoms. The number of aliphatic hydroxyl groups excluding tert-OH is 1. The Morgan fingerprint density at radius 3 is 2.23 bits per heavy atom. The highest BCUT2D eigenvalue weighted by Crippen LogP contribution is 2.78. The summed E-state index contributed by atoms with van der Waals surface area (Å²) in [7, 11) is -3.39. The molecule has 3 aliphatic heterocycles. The third-order valence-corrected chi connectivity index (χ3v) is 17.2. The van der Waals surface area contributed by atoms with E-state index < -0.39 is 91.6 Å². The van der Waals surface area contributed by atoms with Gasteiger partial charge < -0.3 is 49.8 Å². The second-order valence-corrected chi connectivity index (χ2v) is 21.6. The Bertz CT molecular complexity index is 2640. The van der Waals surface area contributed by atoms with Gasteiger partial charge in [0, 0.05) is 71.8 Å². The van der Waals surface area contributed by atoms with Crippen LogP contribution < -0.4 is 5.32 Å². The molecule has 378 valence electrons. The van der Waals surface area contributed by atoms with Crippen molar-refractivity contribution >= 4 is 45.2 Å². The molecule has 7 fully saturated rings. The molecule has 20 nitrogen and oxygen atoms in total. The van der Waals surface area contributed by atoms with Gasteiger partial charge in [-0.3, -0.25) is 24.1 Å². The van der Waals surface area contributed by atoms with Crippen LogP contribution in [0.4, 0.5) is 10.7 Å². The number of nitrogens with one attached hydrogen (secondary N) is 2. The van der Waals surface area contributed by atoms with E-state index in [1.165, 1.54) is 7.11 Å². The van der Waals surface area contributed by atoms with Gasteiger partial charge in [-0.25, -0.2) is 14.6 Å². The minimum absolute atomic E-state index is 0.0606. The first-order valence-electron chi connectivity index (χ1n) is 23.4. The van der Waals surface area contributed by atoms with E-state index in [-0.39, 0.29) is 37.2 Å². The van der Waals surface area contributed by atoms with Crippen molar-refractivity contribution in [3.63, 3.8) is 0 Å². The number of allylic oxidation sites excluding steroid dienone is 1. The predicted octanol–water partition coefficient (Wildman–Crippen LogP) is 3.31. The summed E-state index contributed by atoms with van der Waals surface area (Å²) in [5, 5.41) is 76.4. The third-order valence-electron chi connectivity index (χ3n) is 17.2. The number of aromatic nitrogens is 2. The fourth-order valence-electron chi connectivity index (χ4n) is 13.9. The lowest BCUT2D eigenvalue weighted by Crippen LogP contribution is -2.85. The molecular formula is C48H64N4O16S. The summed E-state index contributed by atoms with van der Waals surface area (Å²) >= 11 is 0. The van der Waals surface area contributed by atoms with Crippen LogP contribution in [0.2, 0.25) is 0 Å². The van der Waals surface area contributed by atoms with Gasteiger partial charge in [-0.1, -0.05) is 50.3 Å². The van der Waals surface area contributed by atoms with Crippen molar-refractivity contribution in [3.8, 4) is 0 Å². The number of amides is 1. The number of methoxy groups -OCH3 is 1. The van der Waals surface area contributed by atoms with Crippen molar-refractivity contribution in [3.05, 3.63) is 71.3 Å². The molecule has 21 heteroatoms. The molecule has 1 spiro atoms. The Kier molecular flexibility index (Phi) is 12.9. The number of nitrogens with zero attached hydrogens (tertiary/aromatic N) is 2.